The van der Waals surface area contributed by atoms with E-state index in [0.29, 0.717) is 18.4 Å². The molecule has 0 saturated heterocycles. The number of hydrogen-bond donors (Lipinski definition) is 2. The van der Waals surface area contributed by atoms with E-state index in [1.807, 2.05) is 0 Å². The fourth-order valence-electron chi connectivity index (χ4n) is 1.33. The zero-order chi connectivity index (χ0) is 14.8. The molecule has 0 unspecified atom stereocenters. The second kappa shape index (κ2) is 8.88. The van der Waals surface area contributed by atoms with Crippen LogP contribution in [0, 0.1) is 0 Å². The molecule has 0 aliphatic heterocycles. The summed E-state index contributed by atoms with van der Waals surface area (Å²) in [5.41, 5.74) is 0.607. The van der Waals surface area contributed by atoms with Gasteiger partial charge >= 0.3 is 11.9 Å². The van der Waals surface area contributed by atoms with Gasteiger partial charge in [0.1, 0.15) is 0 Å². The van der Waals surface area contributed by atoms with E-state index >= 15 is 0 Å². The third-order valence-electron chi connectivity index (χ3n) is 2.29. The van der Waals surface area contributed by atoms with Crippen LogP contribution in [0.2, 0.25) is 0 Å². The Balaban J connectivity index is 4.80. The fraction of sp³-hybridized carbons (Fsp3) is 0.286. The molecule has 0 radical (unpaired) electrons. The van der Waals surface area contributed by atoms with Crippen molar-refractivity contribution in [2.45, 2.75) is 12.8 Å². The van der Waals surface area contributed by atoms with Gasteiger partial charge in [-0.2, -0.15) is 0 Å². The maximum absolute atomic E-state index is 11.2. The highest BCUT2D eigenvalue weighted by atomic mass is 16.5. The van der Waals surface area contributed by atoms with Gasteiger partial charge in [-0.05, 0) is 18.4 Å². The topological polar surface area (TPSA) is 83.8 Å². The van der Waals surface area contributed by atoms with Crippen LogP contribution in [0.4, 0.5) is 0 Å². The van der Waals surface area contributed by atoms with Gasteiger partial charge in [-0.1, -0.05) is 18.7 Å². The second-order valence-corrected chi connectivity index (χ2v) is 3.77. The van der Waals surface area contributed by atoms with Gasteiger partial charge in [-0.15, -0.1) is 13.2 Å². The number of ether oxygens (including phenoxy) is 1. The first-order valence-electron chi connectivity index (χ1n) is 5.58. The summed E-state index contributed by atoms with van der Waals surface area (Å²) in [4.78, 5) is 21.7. The standard InChI is InChI=1S/C14H18O5/c1-4-6-11(7-5-2)12(14(17)18)9-19-8-10(3)13(15)16/h4-5H,1-3,6-9H2,(H,15,16)(H,17,18). The first-order valence-corrected chi connectivity index (χ1v) is 5.58. The quantitative estimate of drug-likeness (QED) is 0.467. The molecule has 0 aromatic rings. The van der Waals surface area contributed by atoms with E-state index in [9.17, 15) is 9.59 Å². The number of carboxylic acids is 2. The van der Waals surface area contributed by atoms with Gasteiger partial charge in [0, 0.05) is 0 Å². The summed E-state index contributed by atoms with van der Waals surface area (Å²) in [6, 6.07) is 0. The normalized spacial score (nSPS) is 9.47. The lowest BCUT2D eigenvalue weighted by molar-refractivity contribution is -0.133. The van der Waals surface area contributed by atoms with Crippen molar-refractivity contribution in [1.29, 1.82) is 0 Å². The minimum absolute atomic E-state index is 0.0954. The lowest BCUT2D eigenvalue weighted by Gasteiger charge is -2.10. The molecule has 0 aliphatic rings. The van der Waals surface area contributed by atoms with Crippen molar-refractivity contribution in [3.8, 4) is 0 Å². The first-order chi connectivity index (χ1) is 8.93. The number of allylic oxidation sites excluding steroid dienone is 3. The van der Waals surface area contributed by atoms with Crippen molar-refractivity contribution >= 4 is 11.9 Å². The Morgan fingerprint density at radius 1 is 1.00 bits per heavy atom. The highest BCUT2D eigenvalue weighted by Crippen LogP contribution is 2.15. The van der Waals surface area contributed by atoms with Crippen LogP contribution < -0.4 is 0 Å². The molecule has 0 aromatic carbocycles. The van der Waals surface area contributed by atoms with Crippen molar-refractivity contribution in [1.82, 2.24) is 0 Å². The molecule has 5 heteroatoms. The van der Waals surface area contributed by atoms with Crippen LogP contribution in [0.25, 0.3) is 0 Å². The van der Waals surface area contributed by atoms with Gasteiger partial charge in [0.15, 0.2) is 0 Å². The summed E-state index contributed by atoms with van der Waals surface area (Å²) in [6.07, 6.45) is 4.02. The van der Waals surface area contributed by atoms with Gasteiger partial charge in [0.25, 0.3) is 0 Å². The molecule has 0 spiro atoms. The molecular weight excluding hydrogens is 248 g/mol. The Bertz CT molecular complexity index is 406. The van der Waals surface area contributed by atoms with Gasteiger partial charge in [-0.3, -0.25) is 0 Å². The van der Waals surface area contributed by atoms with E-state index in [-0.39, 0.29) is 24.4 Å². The Kier molecular flexibility index (Phi) is 7.88. The second-order valence-electron chi connectivity index (χ2n) is 3.77. The molecule has 0 atom stereocenters. The highest BCUT2D eigenvalue weighted by Gasteiger charge is 2.14. The molecule has 0 amide bonds. The van der Waals surface area contributed by atoms with E-state index < -0.39 is 11.9 Å². The molecule has 0 aromatic heterocycles. The summed E-state index contributed by atoms with van der Waals surface area (Å²) >= 11 is 0. The molecule has 0 fully saturated rings. The Labute approximate surface area is 112 Å². The van der Waals surface area contributed by atoms with Crippen molar-refractivity contribution in [2.24, 2.45) is 0 Å². The number of carboxylic acid groups (broad SMARTS) is 2. The fourth-order valence-corrected chi connectivity index (χ4v) is 1.33. The van der Waals surface area contributed by atoms with Crippen LogP contribution in [0.5, 0.6) is 0 Å². The SMILES string of the molecule is C=CCC(CC=C)=C(COCC(=C)C(=O)O)C(=O)O. The van der Waals surface area contributed by atoms with Crippen LogP contribution in [0.3, 0.4) is 0 Å². The minimum atomic E-state index is -1.17. The average Bonchev–Trinajstić information content (AvgIpc) is 2.33. The van der Waals surface area contributed by atoms with E-state index in [1.165, 1.54) is 0 Å². The van der Waals surface area contributed by atoms with Crippen LogP contribution >= 0.6 is 0 Å². The van der Waals surface area contributed by atoms with Crippen molar-refractivity contribution in [3.05, 3.63) is 48.6 Å². The van der Waals surface area contributed by atoms with E-state index in [4.69, 9.17) is 14.9 Å². The maximum Gasteiger partial charge on any atom is 0.333 e. The van der Waals surface area contributed by atoms with Crippen LogP contribution in [-0.2, 0) is 14.3 Å². The number of rotatable bonds is 10. The molecule has 5 nitrogen and oxygen atoms in total. The van der Waals surface area contributed by atoms with Crippen molar-refractivity contribution < 1.29 is 24.5 Å². The predicted molar refractivity (Wildman–Crippen MR) is 71.9 cm³/mol. The van der Waals surface area contributed by atoms with Gasteiger partial charge in [0.2, 0.25) is 0 Å². The molecule has 104 valence electrons. The molecule has 0 saturated carbocycles. The van der Waals surface area contributed by atoms with Crippen LogP contribution in [0.1, 0.15) is 12.8 Å². The molecule has 0 bridgehead atoms. The first kappa shape index (κ1) is 16.9. The molecule has 0 heterocycles. The van der Waals surface area contributed by atoms with Gasteiger partial charge in [0.05, 0.1) is 24.4 Å². The summed E-state index contributed by atoms with van der Waals surface area (Å²) in [5, 5.41) is 17.7. The Hall–Kier alpha value is -2.14. The Morgan fingerprint density at radius 2 is 1.53 bits per heavy atom. The molecular formula is C14H18O5. The minimum Gasteiger partial charge on any atom is -0.478 e. The van der Waals surface area contributed by atoms with E-state index in [1.54, 1.807) is 12.2 Å². The third kappa shape index (κ3) is 6.38. The lowest BCUT2D eigenvalue weighted by atomic mass is 10.0. The summed E-state index contributed by atoms with van der Waals surface area (Å²) in [7, 11) is 0. The van der Waals surface area contributed by atoms with Gasteiger partial charge < -0.3 is 14.9 Å². The average molecular weight is 266 g/mol. The molecule has 0 rings (SSSR count). The lowest BCUT2D eigenvalue weighted by Crippen LogP contribution is -2.14. The summed E-state index contributed by atoms with van der Waals surface area (Å²) in [5.74, 6) is -2.27. The molecule has 2 N–H and O–H groups in total. The Morgan fingerprint density at radius 3 is 1.89 bits per heavy atom. The van der Waals surface area contributed by atoms with Crippen LogP contribution in [-0.4, -0.2) is 35.4 Å². The maximum atomic E-state index is 11.2. The number of aliphatic carboxylic acids is 2. The highest BCUT2D eigenvalue weighted by molar-refractivity contribution is 5.88. The third-order valence-corrected chi connectivity index (χ3v) is 2.29. The smallest absolute Gasteiger partial charge is 0.333 e. The predicted octanol–water partition coefficient (Wildman–Crippen LogP) is 2.18. The number of hydrogen-bond acceptors (Lipinski definition) is 3. The van der Waals surface area contributed by atoms with Gasteiger partial charge in [-0.25, -0.2) is 9.59 Å². The summed E-state index contributed by atoms with van der Waals surface area (Å²) < 4.78 is 5.07. The summed E-state index contributed by atoms with van der Waals surface area (Å²) in [6.45, 7) is 10.0. The van der Waals surface area contributed by atoms with E-state index in [0.717, 1.165) is 0 Å². The molecule has 0 aliphatic carbocycles. The zero-order valence-corrected chi connectivity index (χ0v) is 10.7. The van der Waals surface area contributed by atoms with E-state index in [2.05, 4.69) is 19.7 Å². The monoisotopic (exact) mass is 266 g/mol. The van der Waals surface area contributed by atoms with Crippen LogP contribution in [0.15, 0.2) is 48.6 Å². The molecule has 19 heavy (non-hydrogen) atoms. The largest absolute Gasteiger partial charge is 0.478 e. The van der Waals surface area contributed by atoms with Crippen molar-refractivity contribution in [3.63, 3.8) is 0 Å². The number of carbonyl (C=O) groups is 2. The zero-order valence-electron chi connectivity index (χ0n) is 10.7. The van der Waals surface area contributed by atoms with Crippen molar-refractivity contribution in [2.75, 3.05) is 13.2 Å².